The van der Waals surface area contributed by atoms with E-state index in [-0.39, 0.29) is 5.92 Å². The summed E-state index contributed by atoms with van der Waals surface area (Å²) in [7, 11) is 0. The molecule has 0 amide bonds. The van der Waals surface area contributed by atoms with Crippen molar-refractivity contribution in [2.45, 2.75) is 84.5 Å². The number of hydrogen-bond donors (Lipinski definition) is 0. The third kappa shape index (κ3) is 8.03. The van der Waals surface area contributed by atoms with Gasteiger partial charge in [0, 0.05) is 17.8 Å². The Morgan fingerprint density at radius 1 is 0.697 bits per heavy atom. The summed E-state index contributed by atoms with van der Waals surface area (Å²) in [6, 6.07) is 21.8. The zero-order valence-corrected chi connectivity index (χ0v) is 20.9. The Morgan fingerprint density at radius 2 is 1.33 bits per heavy atom. The number of benzene rings is 2. The van der Waals surface area contributed by atoms with Crippen molar-refractivity contribution in [2.24, 2.45) is 0 Å². The van der Waals surface area contributed by atoms with E-state index >= 15 is 0 Å². The van der Waals surface area contributed by atoms with E-state index in [4.69, 9.17) is 9.72 Å². The van der Waals surface area contributed by atoms with Crippen LogP contribution in [-0.4, -0.2) is 11.6 Å². The molecule has 2 heteroatoms. The van der Waals surface area contributed by atoms with Crippen LogP contribution in [0.3, 0.4) is 0 Å². The Bertz CT molecular complexity index is 913. The number of ether oxygens (including phenoxy) is 1. The first-order valence-corrected chi connectivity index (χ1v) is 13.0. The maximum absolute atomic E-state index is 5.88. The molecule has 0 saturated carbocycles. The smallest absolute Gasteiger partial charge is 0.119 e. The van der Waals surface area contributed by atoms with E-state index < -0.39 is 0 Å². The fourth-order valence-corrected chi connectivity index (χ4v) is 4.19. The number of pyridine rings is 1. The standard InChI is InChI=1S/C31H41NO/c1-4-6-8-10-12-26-13-22-31(32-24-26)25(3)27-14-16-28(17-15-27)29-18-20-30(21-19-29)33-23-11-9-7-5-2/h13-22,24-25H,4-12,23H2,1-3H3. The molecule has 0 saturated heterocycles. The van der Waals surface area contributed by atoms with Gasteiger partial charge in [0.15, 0.2) is 0 Å². The Kier molecular flexibility index (Phi) is 10.5. The zero-order valence-electron chi connectivity index (χ0n) is 20.9. The van der Waals surface area contributed by atoms with E-state index in [1.807, 2.05) is 0 Å². The number of nitrogens with zero attached hydrogens (tertiary/aromatic N) is 1. The van der Waals surface area contributed by atoms with Gasteiger partial charge < -0.3 is 4.74 Å². The SMILES string of the molecule is CCCCCCOc1ccc(-c2ccc(C(C)c3ccc(CCCCCC)cn3)cc2)cc1. The van der Waals surface area contributed by atoms with Crippen molar-refractivity contribution in [1.29, 1.82) is 0 Å². The molecule has 33 heavy (non-hydrogen) atoms. The van der Waals surface area contributed by atoms with E-state index in [9.17, 15) is 0 Å². The van der Waals surface area contributed by atoms with Crippen LogP contribution in [0.5, 0.6) is 5.75 Å². The molecule has 1 aromatic heterocycles. The lowest BCUT2D eigenvalue weighted by molar-refractivity contribution is 0.305. The molecule has 0 aliphatic rings. The molecule has 176 valence electrons. The highest BCUT2D eigenvalue weighted by Gasteiger charge is 2.10. The molecule has 3 rings (SSSR count). The van der Waals surface area contributed by atoms with Gasteiger partial charge >= 0.3 is 0 Å². The second-order valence-corrected chi connectivity index (χ2v) is 9.18. The van der Waals surface area contributed by atoms with Crippen LogP contribution in [0.2, 0.25) is 0 Å². The van der Waals surface area contributed by atoms with Crippen molar-refractivity contribution in [3.8, 4) is 16.9 Å². The Morgan fingerprint density at radius 3 is 1.94 bits per heavy atom. The molecule has 1 heterocycles. The fourth-order valence-electron chi connectivity index (χ4n) is 4.19. The highest BCUT2D eigenvalue weighted by molar-refractivity contribution is 5.64. The molecule has 0 radical (unpaired) electrons. The van der Waals surface area contributed by atoms with Crippen molar-refractivity contribution in [3.63, 3.8) is 0 Å². The Balaban J connectivity index is 1.53. The van der Waals surface area contributed by atoms with Crippen molar-refractivity contribution in [3.05, 3.63) is 83.7 Å². The summed E-state index contributed by atoms with van der Waals surface area (Å²) in [6.45, 7) is 7.54. The van der Waals surface area contributed by atoms with Crippen LogP contribution in [0.4, 0.5) is 0 Å². The van der Waals surface area contributed by atoms with Crippen LogP contribution in [0.25, 0.3) is 11.1 Å². The average Bonchev–Trinajstić information content (AvgIpc) is 2.87. The molecule has 3 aromatic rings. The Hall–Kier alpha value is -2.61. The van der Waals surface area contributed by atoms with Crippen molar-refractivity contribution in [2.75, 3.05) is 6.61 Å². The summed E-state index contributed by atoms with van der Waals surface area (Å²) in [5.74, 6) is 1.25. The van der Waals surface area contributed by atoms with Gasteiger partial charge in [-0.1, -0.05) is 102 Å². The molecule has 2 nitrogen and oxygen atoms in total. The van der Waals surface area contributed by atoms with Crippen molar-refractivity contribution >= 4 is 0 Å². The summed E-state index contributed by atoms with van der Waals surface area (Å²) in [4.78, 5) is 4.77. The summed E-state index contributed by atoms with van der Waals surface area (Å²) >= 11 is 0. The topological polar surface area (TPSA) is 22.1 Å². The first-order valence-electron chi connectivity index (χ1n) is 13.0. The van der Waals surface area contributed by atoms with Gasteiger partial charge in [0.25, 0.3) is 0 Å². The summed E-state index contributed by atoms with van der Waals surface area (Å²) < 4.78 is 5.88. The first-order chi connectivity index (χ1) is 16.2. The van der Waals surface area contributed by atoms with Crippen LogP contribution >= 0.6 is 0 Å². The van der Waals surface area contributed by atoms with E-state index in [0.717, 1.165) is 30.9 Å². The molecule has 0 aliphatic heterocycles. The van der Waals surface area contributed by atoms with Crippen molar-refractivity contribution < 1.29 is 4.74 Å². The predicted octanol–water partition coefficient (Wildman–Crippen LogP) is 8.98. The molecular weight excluding hydrogens is 402 g/mol. The maximum Gasteiger partial charge on any atom is 0.119 e. The molecular formula is C31H41NO. The molecule has 1 unspecified atom stereocenters. The highest BCUT2D eigenvalue weighted by Crippen LogP contribution is 2.27. The molecule has 2 aromatic carbocycles. The minimum atomic E-state index is 0.289. The number of rotatable bonds is 14. The van der Waals surface area contributed by atoms with Crippen LogP contribution in [0, 0.1) is 0 Å². The van der Waals surface area contributed by atoms with Gasteiger partial charge in [0.1, 0.15) is 5.75 Å². The largest absolute Gasteiger partial charge is 0.494 e. The van der Waals surface area contributed by atoms with Gasteiger partial charge in [-0.15, -0.1) is 0 Å². The van der Waals surface area contributed by atoms with E-state index in [1.165, 1.54) is 67.2 Å². The van der Waals surface area contributed by atoms with Gasteiger partial charge in [-0.05, 0) is 59.7 Å². The zero-order chi connectivity index (χ0) is 23.3. The average molecular weight is 444 g/mol. The summed E-state index contributed by atoms with van der Waals surface area (Å²) in [6.07, 6.45) is 13.3. The number of unbranched alkanes of at least 4 members (excludes halogenated alkanes) is 6. The maximum atomic E-state index is 5.88. The van der Waals surface area contributed by atoms with Gasteiger partial charge in [-0.2, -0.15) is 0 Å². The van der Waals surface area contributed by atoms with E-state index in [0.29, 0.717) is 0 Å². The lowest BCUT2D eigenvalue weighted by Crippen LogP contribution is -2.00. The van der Waals surface area contributed by atoms with E-state index in [2.05, 4.69) is 87.6 Å². The predicted molar refractivity (Wildman–Crippen MR) is 141 cm³/mol. The quantitative estimate of drug-likeness (QED) is 0.232. The lowest BCUT2D eigenvalue weighted by atomic mass is 9.94. The number of aryl methyl sites for hydroxylation is 1. The monoisotopic (exact) mass is 443 g/mol. The minimum Gasteiger partial charge on any atom is -0.494 e. The second kappa shape index (κ2) is 13.8. The normalized spacial score (nSPS) is 12.0. The van der Waals surface area contributed by atoms with Gasteiger partial charge in [-0.25, -0.2) is 0 Å². The molecule has 0 bridgehead atoms. The third-order valence-corrected chi connectivity index (χ3v) is 6.48. The number of hydrogen-bond acceptors (Lipinski definition) is 2. The van der Waals surface area contributed by atoms with Gasteiger partial charge in [0.2, 0.25) is 0 Å². The minimum absolute atomic E-state index is 0.289. The third-order valence-electron chi connectivity index (χ3n) is 6.48. The molecule has 1 atom stereocenters. The van der Waals surface area contributed by atoms with Gasteiger partial charge in [0.05, 0.1) is 6.61 Å². The Labute approximate surface area is 201 Å². The molecule has 0 N–H and O–H groups in total. The molecule has 0 spiro atoms. The molecule has 0 aliphatic carbocycles. The van der Waals surface area contributed by atoms with Crippen molar-refractivity contribution in [1.82, 2.24) is 4.98 Å². The van der Waals surface area contributed by atoms with Crippen LogP contribution in [-0.2, 0) is 6.42 Å². The lowest BCUT2D eigenvalue weighted by Gasteiger charge is -2.13. The number of aromatic nitrogens is 1. The van der Waals surface area contributed by atoms with Crippen LogP contribution < -0.4 is 4.74 Å². The summed E-state index contributed by atoms with van der Waals surface area (Å²) in [5, 5.41) is 0. The van der Waals surface area contributed by atoms with Crippen LogP contribution in [0.1, 0.15) is 94.9 Å². The highest BCUT2D eigenvalue weighted by atomic mass is 16.5. The molecule has 0 fully saturated rings. The van der Waals surface area contributed by atoms with Gasteiger partial charge in [-0.3, -0.25) is 4.98 Å². The first kappa shape index (κ1) is 25.0. The second-order valence-electron chi connectivity index (χ2n) is 9.18. The summed E-state index contributed by atoms with van der Waals surface area (Å²) in [5.41, 5.74) is 6.24. The van der Waals surface area contributed by atoms with E-state index in [1.54, 1.807) is 0 Å². The fraction of sp³-hybridized carbons (Fsp3) is 0.452. The van der Waals surface area contributed by atoms with Crippen LogP contribution in [0.15, 0.2) is 66.9 Å².